The van der Waals surface area contributed by atoms with Crippen LogP contribution >= 0.6 is 0 Å². The van der Waals surface area contributed by atoms with Crippen molar-refractivity contribution < 1.29 is 23.9 Å². The molecule has 0 saturated carbocycles. The largest absolute Gasteiger partial charge is 0.496 e. The standard InChI is InChI=1S/C22H25NO5/c1-3-6-21(25)23-18-12-9-16(10-13-18)19(24)15-28-22(26)14-11-17-7-4-5-8-20(17)27-2/h4-5,7-10,12-13H,3,6,11,14-15H2,1-2H3,(H,23,25). The first-order valence-electron chi connectivity index (χ1n) is 9.24. The molecule has 2 rings (SSSR count). The predicted molar refractivity (Wildman–Crippen MR) is 107 cm³/mol. The molecule has 28 heavy (non-hydrogen) atoms. The molecule has 0 spiro atoms. The number of hydrogen-bond acceptors (Lipinski definition) is 5. The highest BCUT2D eigenvalue weighted by Crippen LogP contribution is 2.19. The third-order valence-electron chi connectivity index (χ3n) is 4.12. The molecule has 2 aromatic carbocycles. The minimum absolute atomic E-state index is 0.0643. The van der Waals surface area contributed by atoms with Crippen molar-refractivity contribution in [2.45, 2.75) is 32.6 Å². The number of para-hydroxylation sites is 1. The fraction of sp³-hybridized carbons (Fsp3) is 0.318. The van der Waals surface area contributed by atoms with Crippen molar-refractivity contribution in [3.63, 3.8) is 0 Å². The first kappa shape index (κ1) is 21.2. The lowest BCUT2D eigenvalue weighted by Crippen LogP contribution is -2.15. The molecule has 0 bridgehead atoms. The lowest BCUT2D eigenvalue weighted by atomic mass is 10.1. The molecule has 148 valence electrons. The summed E-state index contributed by atoms with van der Waals surface area (Å²) in [4.78, 5) is 35.7. The van der Waals surface area contributed by atoms with Gasteiger partial charge in [0.2, 0.25) is 5.91 Å². The number of carbonyl (C=O) groups is 3. The van der Waals surface area contributed by atoms with E-state index in [4.69, 9.17) is 9.47 Å². The Morgan fingerprint density at radius 2 is 1.68 bits per heavy atom. The summed E-state index contributed by atoms with van der Waals surface area (Å²) in [5, 5.41) is 2.75. The Hall–Kier alpha value is -3.15. The number of hydrogen-bond donors (Lipinski definition) is 1. The summed E-state index contributed by atoms with van der Waals surface area (Å²) >= 11 is 0. The van der Waals surface area contributed by atoms with Crippen LogP contribution in [0, 0.1) is 0 Å². The minimum atomic E-state index is -0.442. The van der Waals surface area contributed by atoms with E-state index >= 15 is 0 Å². The third-order valence-corrected chi connectivity index (χ3v) is 4.12. The van der Waals surface area contributed by atoms with E-state index in [2.05, 4.69) is 5.32 Å². The van der Waals surface area contributed by atoms with E-state index in [1.807, 2.05) is 31.2 Å². The molecule has 0 aliphatic carbocycles. The molecule has 0 radical (unpaired) electrons. The zero-order valence-corrected chi connectivity index (χ0v) is 16.2. The number of rotatable bonds is 10. The maximum Gasteiger partial charge on any atom is 0.306 e. The Morgan fingerprint density at radius 1 is 0.964 bits per heavy atom. The van der Waals surface area contributed by atoms with Gasteiger partial charge in [0.1, 0.15) is 5.75 Å². The van der Waals surface area contributed by atoms with Gasteiger partial charge in [-0.3, -0.25) is 14.4 Å². The van der Waals surface area contributed by atoms with Gasteiger partial charge in [-0.2, -0.15) is 0 Å². The number of methoxy groups -OCH3 is 1. The average Bonchev–Trinajstić information content (AvgIpc) is 2.71. The number of benzene rings is 2. The monoisotopic (exact) mass is 383 g/mol. The molecule has 0 heterocycles. The van der Waals surface area contributed by atoms with Crippen molar-refractivity contribution in [1.29, 1.82) is 0 Å². The van der Waals surface area contributed by atoms with Crippen LogP contribution in [0.5, 0.6) is 5.75 Å². The van der Waals surface area contributed by atoms with E-state index < -0.39 is 5.97 Å². The van der Waals surface area contributed by atoms with E-state index in [9.17, 15) is 14.4 Å². The number of esters is 1. The van der Waals surface area contributed by atoms with E-state index in [1.54, 1.807) is 31.4 Å². The summed E-state index contributed by atoms with van der Waals surface area (Å²) in [5.41, 5.74) is 1.96. The van der Waals surface area contributed by atoms with Gasteiger partial charge in [0.15, 0.2) is 12.4 Å². The van der Waals surface area contributed by atoms with Crippen molar-refractivity contribution in [2.75, 3.05) is 19.0 Å². The van der Waals surface area contributed by atoms with Gasteiger partial charge < -0.3 is 14.8 Å². The first-order valence-corrected chi connectivity index (χ1v) is 9.24. The molecule has 0 aliphatic heterocycles. The van der Waals surface area contributed by atoms with Crippen molar-refractivity contribution in [2.24, 2.45) is 0 Å². The van der Waals surface area contributed by atoms with Crippen molar-refractivity contribution in [1.82, 2.24) is 0 Å². The lowest BCUT2D eigenvalue weighted by molar-refractivity contribution is -0.142. The molecule has 0 atom stereocenters. The fourth-order valence-electron chi connectivity index (χ4n) is 2.64. The second-order valence-electron chi connectivity index (χ2n) is 6.27. The quantitative estimate of drug-likeness (QED) is 0.499. The number of ketones is 1. The number of carbonyl (C=O) groups excluding carboxylic acids is 3. The van der Waals surface area contributed by atoms with Crippen LogP contribution in [0.4, 0.5) is 5.69 Å². The molecule has 0 fully saturated rings. The van der Waals surface area contributed by atoms with E-state index in [0.29, 0.717) is 24.1 Å². The number of amides is 1. The molecule has 6 nitrogen and oxygen atoms in total. The Kier molecular flexibility index (Phi) is 8.21. The van der Waals surface area contributed by atoms with Gasteiger partial charge in [-0.05, 0) is 48.7 Å². The van der Waals surface area contributed by atoms with E-state index in [0.717, 1.165) is 17.7 Å². The molecule has 0 saturated heterocycles. The lowest BCUT2D eigenvalue weighted by Gasteiger charge is -2.08. The Balaban J connectivity index is 1.79. The molecule has 6 heteroatoms. The molecule has 1 amide bonds. The van der Waals surface area contributed by atoms with Gasteiger partial charge in [-0.1, -0.05) is 25.1 Å². The van der Waals surface area contributed by atoms with Crippen LogP contribution in [-0.2, 0) is 20.7 Å². The number of anilines is 1. The molecule has 0 aromatic heterocycles. The summed E-state index contributed by atoms with van der Waals surface area (Å²) < 4.78 is 10.3. The number of nitrogens with one attached hydrogen (secondary N) is 1. The molecular weight excluding hydrogens is 358 g/mol. The molecule has 1 N–H and O–H groups in total. The molecule has 2 aromatic rings. The van der Waals surface area contributed by atoms with Crippen LogP contribution in [0.3, 0.4) is 0 Å². The summed E-state index contributed by atoms with van der Waals surface area (Å²) in [5.74, 6) is -0.0807. The highest BCUT2D eigenvalue weighted by molar-refractivity contribution is 5.98. The average molecular weight is 383 g/mol. The topological polar surface area (TPSA) is 81.7 Å². The Labute approximate surface area is 164 Å². The highest BCUT2D eigenvalue weighted by Gasteiger charge is 2.12. The Morgan fingerprint density at radius 3 is 2.36 bits per heavy atom. The van der Waals surface area contributed by atoms with Crippen molar-refractivity contribution >= 4 is 23.3 Å². The third kappa shape index (κ3) is 6.54. The maximum atomic E-state index is 12.2. The minimum Gasteiger partial charge on any atom is -0.496 e. The highest BCUT2D eigenvalue weighted by atomic mass is 16.5. The zero-order chi connectivity index (χ0) is 20.4. The van der Waals surface area contributed by atoms with Crippen LogP contribution in [0.2, 0.25) is 0 Å². The van der Waals surface area contributed by atoms with Gasteiger partial charge in [0.05, 0.1) is 7.11 Å². The molecular formula is C22H25NO5. The van der Waals surface area contributed by atoms with Crippen LogP contribution in [-0.4, -0.2) is 31.4 Å². The summed E-state index contributed by atoms with van der Waals surface area (Å²) in [6.45, 7) is 1.62. The number of ether oxygens (including phenoxy) is 2. The summed E-state index contributed by atoms with van der Waals surface area (Å²) in [6, 6.07) is 14.0. The second kappa shape index (κ2) is 10.9. The van der Waals surface area contributed by atoms with Gasteiger partial charge in [0.25, 0.3) is 0 Å². The van der Waals surface area contributed by atoms with Gasteiger partial charge >= 0.3 is 5.97 Å². The number of aryl methyl sites for hydroxylation is 1. The second-order valence-corrected chi connectivity index (χ2v) is 6.27. The summed E-state index contributed by atoms with van der Waals surface area (Å²) in [7, 11) is 1.58. The van der Waals surface area contributed by atoms with Crippen molar-refractivity contribution in [3.8, 4) is 5.75 Å². The smallest absolute Gasteiger partial charge is 0.306 e. The van der Waals surface area contributed by atoms with Crippen LogP contribution in [0.1, 0.15) is 42.1 Å². The van der Waals surface area contributed by atoms with Crippen LogP contribution in [0.15, 0.2) is 48.5 Å². The van der Waals surface area contributed by atoms with E-state index in [1.165, 1.54) is 0 Å². The first-order chi connectivity index (χ1) is 13.5. The predicted octanol–water partition coefficient (Wildman–Crippen LogP) is 3.79. The fourth-order valence-corrected chi connectivity index (χ4v) is 2.64. The van der Waals surface area contributed by atoms with Crippen LogP contribution < -0.4 is 10.1 Å². The molecule has 0 unspecified atom stereocenters. The van der Waals surface area contributed by atoms with Gasteiger partial charge in [-0.25, -0.2) is 0 Å². The SMILES string of the molecule is CCCC(=O)Nc1ccc(C(=O)COC(=O)CCc2ccccc2OC)cc1. The Bertz CT molecular complexity index is 814. The number of Topliss-reactive ketones (excluding diaryl/α,β-unsaturated/α-hetero) is 1. The van der Waals surface area contributed by atoms with Crippen LogP contribution in [0.25, 0.3) is 0 Å². The maximum absolute atomic E-state index is 12.2. The van der Waals surface area contributed by atoms with Gasteiger partial charge in [-0.15, -0.1) is 0 Å². The molecule has 0 aliphatic rings. The van der Waals surface area contributed by atoms with Crippen molar-refractivity contribution in [3.05, 3.63) is 59.7 Å². The van der Waals surface area contributed by atoms with Gasteiger partial charge in [0, 0.05) is 24.1 Å². The summed E-state index contributed by atoms with van der Waals surface area (Å²) in [6.07, 6.45) is 1.86. The van der Waals surface area contributed by atoms with E-state index in [-0.39, 0.29) is 24.7 Å². The zero-order valence-electron chi connectivity index (χ0n) is 16.2. The normalized spacial score (nSPS) is 10.2.